The molecule has 0 amide bonds. The Morgan fingerprint density at radius 2 is 0.946 bits per heavy atom. The van der Waals surface area contributed by atoms with Crippen LogP contribution in [-0.2, 0) is 36.8 Å². The van der Waals surface area contributed by atoms with E-state index in [9.17, 15) is 36.6 Å². The third-order valence-corrected chi connectivity index (χ3v) is 9.65. The third kappa shape index (κ3) is 10.5. The number of aryl methyl sites for hydroxylation is 2. The number of nitrogens with one attached hydrogen (secondary N) is 2. The summed E-state index contributed by atoms with van der Waals surface area (Å²) < 4.78 is 49.1. The maximum absolute atomic E-state index is 12.7. The zero-order valence-corrected chi connectivity index (χ0v) is 35.3. The molecule has 0 saturated carbocycles. The van der Waals surface area contributed by atoms with Gasteiger partial charge in [0.2, 0.25) is 20.0 Å². The molecule has 4 aromatic carbocycles. The van der Waals surface area contributed by atoms with Crippen molar-refractivity contribution in [2.75, 3.05) is 0 Å². The molecular weight excluding hydrogens is 869 g/mol. The maximum atomic E-state index is 12.7. The SMILES string of the molecule is Cc1[nH]n(-c2ccccc2S(N)(=O)=O)c(=O)c1N=Nc1cc(Cl)ccc1[O-].Cc1[nH]n(-c2ccccc2S(N)(=O)=O)c(=O)c1N=Nc1cc(Cl)ccc1[O-].[Co].[Na+]. The predicted octanol–water partition coefficient (Wildman–Crippen LogP) is 1.53. The minimum absolute atomic E-state index is 0. The molecule has 0 bridgehead atoms. The quantitative estimate of drug-likeness (QED) is 0.128. The number of halogens is 2. The molecule has 0 aliphatic heterocycles. The van der Waals surface area contributed by atoms with Crippen LogP contribution in [0.4, 0.5) is 22.7 Å². The molecule has 2 heterocycles. The number of sulfonamides is 2. The summed E-state index contributed by atoms with van der Waals surface area (Å²) in [6.45, 7) is 3.11. The van der Waals surface area contributed by atoms with Crippen LogP contribution in [-0.4, -0.2) is 36.4 Å². The van der Waals surface area contributed by atoms with Crippen molar-refractivity contribution in [3.63, 3.8) is 0 Å². The number of para-hydroxylation sites is 2. The second kappa shape index (κ2) is 18.7. The number of H-pyrrole nitrogens is 2. The second-order valence-corrected chi connectivity index (χ2v) is 15.0. The van der Waals surface area contributed by atoms with Gasteiger partial charge in [0.15, 0.2) is 11.4 Å². The fourth-order valence-corrected chi connectivity index (χ4v) is 6.53. The zero-order chi connectivity index (χ0) is 39.5. The van der Waals surface area contributed by atoms with Crippen molar-refractivity contribution in [3.8, 4) is 22.9 Å². The molecule has 6 N–H and O–H groups in total. The molecule has 289 valence electrons. The molecule has 0 aliphatic carbocycles. The van der Waals surface area contributed by atoms with Crippen molar-refractivity contribution >= 4 is 66.0 Å². The molecule has 24 heteroatoms. The molecule has 0 saturated heterocycles. The predicted molar refractivity (Wildman–Crippen MR) is 195 cm³/mol. The van der Waals surface area contributed by atoms with Crippen LogP contribution in [0.5, 0.6) is 11.5 Å². The van der Waals surface area contributed by atoms with Gasteiger partial charge in [0.25, 0.3) is 11.1 Å². The first-order chi connectivity index (χ1) is 25.4. The fraction of sp³-hybridized carbons (Fsp3) is 0.0625. The summed E-state index contributed by atoms with van der Waals surface area (Å²) in [5, 5.41) is 55.2. The summed E-state index contributed by atoms with van der Waals surface area (Å²) in [5.41, 5.74) is -0.799. The molecule has 0 fully saturated rings. The number of hydrogen-bond acceptors (Lipinski definition) is 12. The Morgan fingerprint density at radius 3 is 1.29 bits per heavy atom. The van der Waals surface area contributed by atoms with E-state index in [1.807, 2.05) is 0 Å². The van der Waals surface area contributed by atoms with E-state index >= 15 is 0 Å². The largest absolute Gasteiger partial charge is 1.00 e. The Kier molecular flexibility index (Phi) is 15.4. The molecule has 18 nitrogen and oxygen atoms in total. The van der Waals surface area contributed by atoms with Gasteiger partial charge in [-0.2, -0.15) is 10.2 Å². The van der Waals surface area contributed by atoms with E-state index in [1.54, 1.807) is 26.0 Å². The number of nitrogens with two attached hydrogens (primary N) is 2. The molecule has 0 spiro atoms. The summed E-state index contributed by atoms with van der Waals surface area (Å²) in [6, 6.07) is 19.5. The monoisotopic (exact) mass is 894 g/mol. The molecule has 0 atom stereocenters. The number of benzene rings is 4. The average molecular weight is 896 g/mol. The van der Waals surface area contributed by atoms with Gasteiger partial charge < -0.3 is 10.2 Å². The van der Waals surface area contributed by atoms with Gasteiger partial charge in [0.05, 0.1) is 34.1 Å². The Balaban J connectivity index is 0.000000290. The third-order valence-electron chi connectivity index (χ3n) is 7.26. The van der Waals surface area contributed by atoms with Gasteiger partial charge in [-0.05, 0) is 62.4 Å². The maximum Gasteiger partial charge on any atom is 1.00 e. The smallest absolute Gasteiger partial charge is 0.871 e. The molecule has 2 aromatic heterocycles. The number of hydrogen-bond donors (Lipinski definition) is 4. The Hall–Kier alpha value is -4.39. The Morgan fingerprint density at radius 1 is 0.607 bits per heavy atom. The van der Waals surface area contributed by atoms with Crippen LogP contribution in [0, 0.1) is 13.8 Å². The van der Waals surface area contributed by atoms with Crippen molar-refractivity contribution in [2.45, 2.75) is 23.6 Å². The van der Waals surface area contributed by atoms with Crippen LogP contribution in [0.15, 0.2) is 125 Å². The first-order valence-corrected chi connectivity index (χ1v) is 18.9. The van der Waals surface area contributed by atoms with E-state index in [0.29, 0.717) is 21.4 Å². The van der Waals surface area contributed by atoms with Crippen LogP contribution < -0.4 is 61.2 Å². The van der Waals surface area contributed by atoms with Crippen LogP contribution in [0.3, 0.4) is 0 Å². The van der Waals surface area contributed by atoms with Crippen molar-refractivity contribution in [1.29, 1.82) is 0 Å². The minimum Gasteiger partial charge on any atom is -0.871 e. The van der Waals surface area contributed by atoms with Gasteiger partial charge in [0.1, 0.15) is 9.79 Å². The fourth-order valence-electron chi connectivity index (χ4n) is 4.76. The van der Waals surface area contributed by atoms with Crippen LogP contribution in [0.25, 0.3) is 11.4 Å². The van der Waals surface area contributed by atoms with Crippen molar-refractivity contribution in [2.24, 2.45) is 30.7 Å². The topological polar surface area (TPSA) is 291 Å². The summed E-state index contributed by atoms with van der Waals surface area (Å²) in [7, 11) is -8.11. The molecule has 56 heavy (non-hydrogen) atoms. The number of rotatable bonds is 8. The van der Waals surface area contributed by atoms with Gasteiger partial charge in [-0.25, -0.2) is 36.5 Å². The molecule has 0 unspecified atom stereocenters. The molecule has 6 aromatic rings. The van der Waals surface area contributed by atoms with Crippen molar-refractivity contribution in [1.82, 2.24) is 19.6 Å². The minimum atomic E-state index is -4.06. The first-order valence-electron chi connectivity index (χ1n) is 15.0. The summed E-state index contributed by atoms with van der Waals surface area (Å²) in [4.78, 5) is 24.9. The van der Waals surface area contributed by atoms with Crippen LogP contribution in [0.1, 0.15) is 11.4 Å². The summed E-state index contributed by atoms with van der Waals surface area (Å²) in [6.07, 6.45) is 0. The van der Waals surface area contributed by atoms with Crippen LogP contribution in [0.2, 0.25) is 10.0 Å². The normalized spacial score (nSPS) is 11.5. The van der Waals surface area contributed by atoms with Crippen molar-refractivity contribution < 1.29 is 73.4 Å². The Bertz CT molecular complexity index is 2630. The van der Waals surface area contributed by atoms with E-state index in [-0.39, 0.29) is 90.3 Å². The van der Waals surface area contributed by atoms with E-state index in [2.05, 4.69) is 30.7 Å². The van der Waals surface area contributed by atoms with E-state index < -0.39 is 42.7 Å². The molecule has 1 radical (unpaired) electrons. The van der Waals surface area contributed by atoms with E-state index in [1.165, 1.54) is 72.8 Å². The number of azo groups is 2. The van der Waals surface area contributed by atoms with Gasteiger partial charge in [-0.3, -0.25) is 19.8 Å². The first kappa shape index (κ1) is 46.0. The van der Waals surface area contributed by atoms with Gasteiger partial charge >= 0.3 is 29.6 Å². The average Bonchev–Trinajstić information content (AvgIpc) is 3.56. The number of primary sulfonamides is 2. The molecular formula is C32H26Cl2CoN10NaO8S2-. The van der Waals surface area contributed by atoms with Crippen molar-refractivity contribution in [3.05, 3.63) is 127 Å². The van der Waals surface area contributed by atoms with E-state index in [4.69, 9.17) is 33.5 Å². The van der Waals surface area contributed by atoms with Crippen LogP contribution >= 0.6 is 23.2 Å². The van der Waals surface area contributed by atoms with Gasteiger partial charge in [-0.1, -0.05) is 71.1 Å². The number of aromatic amines is 2. The van der Waals surface area contributed by atoms with Gasteiger partial charge in [-0.15, -0.1) is 10.2 Å². The van der Waals surface area contributed by atoms with Gasteiger partial charge in [0, 0.05) is 26.8 Å². The Labute approximate surface area is 360 Å². The number of aromatic nitrogens is 4. The molecule has 6 rings (SSSR count). The second-order valence-electron chi connectivity index (χ2n) is 11.1. The van der Waals surface area contributed by atoms with E-state index in [0.717, 1.165) is 9.36 Å². The number of nitrogens with zero attached hydrogens (tertiary/aromatic N) is 6. The zero-order valence-electron chi connectivity index (χ0n) is 29.1. The summed E-state index contributed by atoms with van der Waals surface area (Å²) >= 11 is 11.6. The standard InChI is InChI=1S/2C16H14ClN5O4S.Co.Na/c2*1-9-15(20-19-11-8-10(17)6-7-13(11)23)16(24)22(21-9)12-4-2-3-5-14(12)27(18,25)26;;/h2*2-8,21,23H,1H3,(H2,18,25,26);;/q;;;+1/p-2. The summed E-state index contributed by atoms with van der Waals surface area (Å²) in [5.74, 6) is -0.813. The molecule has 0 aliphatic rings.